The molecular formula is C24H21BrClNO4. The van der Waals surface area contributed by atoms with Crippen molar-refractivity contribution in [1.82, 2.24) is 5.32 Å². The number of fused-ring (bicyclic) bond motifs is 3. The maximum absolute atomic E-state index is 12.2. The van der Waals surface area contributed by atoms with E-state index in [2.05, 4.69) is 33.4 Å². The van der Waals surface area contributed by atoms with Gasteiger partial charge in [-0.15, -0.1) is 0 Å². The zero-order valence-corrected chi connectivity index (χ0v) is 18.8. The summed E-state index contributed by atoms with van der Waals surface area (Å²) in [6.07, 6.45) is -3.14. The molecule has 160 valence electrons. The lowest BCUT2D eigenvalue weighted by molar-refractivity contribution is 0.0186. The van der Waals surface area contributed by atoms with Crippen LogP contribution in [-0.4, -0.2) is 35.6 Å². The molecule has 0 bridgehead atoms. The van der Waals surface area contributed by atoms with Crippen LogP contribution in [0.25, 0.3) is 11.1 Å². The molecule has 31 heavy (non-hydrogen) atoms. The van der Waals surface area contributed by atoms with Crippen LogP contribution in [0.15, 0.2) is 71.2 Å². The van der Waals surface area contributed by atoms with Gasteiger partial charge in [-0.3, -0.25) is 0 Å². The average molecular weight is 503 g/mol. The summed E-state index contributed by atoms with van der Waals surface area (Å²) in [6, 6.07) is 21.1. The molecule has 1 amide bonds. The first kappa shape index (κ1) is 21.8. The minimum absolute atomic E-state index is 0.0461. The third-order valence-corrected chi connectivity index (χ3v) is 6.27. The molecule has 0 aromatic heterocycles. The Kier molecular flexibility index (Phi) is 6.62. The molecule has 1 aliphatic rings. The number of alkyl carbamates (subject to hydrolysis) is 1. The fourth-order valence-corrected chi connectivity index (χ4v) is 4.68. The molecule has 2 atom stereocenters. The summed E-state index contributed by atoms with van der Waals surface area (Å²) < 4.78 is 6.20. The van der Waals surface area contributed by atoms with Crippen LogP contribution >= 0.6 is 27.5 Å². The molecule has 5 nitrogen and oxygen atoms in total. The maximum Gasteiger partial charge on any atom is 0.407 e. The van der Waals surface area contributed by atoms with Gasteiger partial charge in [0, 0.05) is 27.5 Å². The van der Waals surface area contributed by atoms with Crippen molar-refractivity contribution in [3.63, 3.8) is 0 Å². The lowest BCUT2D eigenvalue weighted by atomic mass is 9.98. The van der Waals surface area contributed by atoms with Crippen LogP contribution in [0.3, 0.4) is 0 Å². The Balaban J connectivity index is 1.35. The van der Waals surface area contributed by atoms with Gasteiger partial charge in [0.1, 0.15) is 18.8 Å². The number of benzene rings is 3. The van der Waals surface area contributed by atoms with Crippen LogP contribution < -0.4 is 5.32 Å². The van der Waals surface area contributed by atoms with E-state index in [1.165, 1.54) is 0 Å². The third-order valence-electron chi connectivity index (χ3n) is 5.44. The van der Waals surface area contributed by atoms with E-state index in [0.29, 0.717) is 10.6 Å². The van der Waals surface area contributed by atoms with Crippen molar-refractivity contribution in [2.45, 2.75) is 18.1 Å². The van der Waals surface area contributed by atoms with Crippen molar-refractivity contribution < 1.29 is 19.7 Å². The fourth-order valence-electron chi connectivity index (χ4n) is 3.90. The first-order chi connectivity index (χ1) is 15.0. The standard InChI is InChI=1S/C24H21BrClNO4/c25-14-9-10-19(21(26)11-14)23(29)22(28)12-27-24(30)31-13-20-17-7-3-1-5-15(17)16-6-2-4-8-18(16)20/h1-11,20,22-23,28-29H,12-13H2,(H,27,30). The van der Waals surface area contributed by atoms with Gasteiger partial charge in [0.15, 0.2) is 0 Å². The molecule has 3 N–H and O–H groups in total. The number of carbonyl (C=O) groups excluding carboxylic acids is 1. The Hall–Kier alpha value is -2.38. The van der Waals surface area contributed by atoms with E-state index in [1.807, 2.05) is 36.4 Å². The topological polar surface area (TPSA) is 78.8 Å². The van der Waals surface area contributed by atoms with E-state index in [1.54, 1.807) is 18.2 Å². The minimum Gasteiger partial charge on any atom is -0.449 e. The van der Waals surface area contributed by atoms with Crippen molar-refractivity contribution in [3.8, 4) is 11.1 Å². The molecule has 4 rings (SSSR count). The zero-order valence-electron chi connectivity index (χ0n) is 16.5. The first-order valence-corrected chi connectivity index (χ1v) is 11.0. The van der Waals surface area contributed by atoms with Gasteiger partial charge in [-0.2, -0.15) is 0 Å². The Morgan fingerprint density at radius 3 is 2.26 bits per heavy atom. The smallest absolute Gasteiger partial charge is 0.407 e. The number of hydrogen-bond donors (Lipinski definition) is 3. The molecule has 3 aromatic rings. The van der Waals surface area contributed by atoms with Crippen molar-refractivity contribution in [2.75, 3.05) is 13.2 Å². The number of halogens is 2. The molecule has 0 aliphatic heterocycles. The number of rotatable bonds is 6. The summed E-state index contributed by atoms with van der Waals surface area (Å²) in [4.78, 5) is 12.2. The molecule has 0 saturated carbocycles. The molecule has 1 aliphatic carbocycles. The van der Waals surface area contributed by atoms with Crippen LogP contribution in [0.4, 0.5) is 4.79 Å². The number of carbonyl (C=O) groups is 1. The summed E-state index contributed by atoms with van der Waals surface area (Å²) in [5.41, 5.74) is 4.93. The van der Waals surface area contributed by atoms with Crippen molar-refractivity contribution in [2.24, 2.45) is 0 Å². The second-order valence-electron chi connectivity index (χ2n) is 7.38. The highest BCUT2D eigenvalue weighted by Crippen LogP contribution is 2.44. The third kappa shape index (κ3) is 4.62. The molecule has 0 fully saturated rings. The Bertz CT molecular complexity index is 1060. The highest BCUT2D eigenvalue weighted by atomic mass is 79.9. The Morgan fingerprint density at radius 2 is 1.65 bits per heavy atom. The summed E-state index contributed by atoms with van der Waals surface area (Å²) in [5, 5.41) is 23.4. The number of ether oxygens (including phenoxy) is 1. The molecule has 0 heterocycles. The van der Waals surface area contributed by atoms with E-state index in [4.69, 9.17) is 16.3 Å². The quantitative estimate of drug-likeness (QED) is 0.441. The summed E-state index contributed by atoms with van der Waals surface area (Å²) in [5.74, 6) is -0.0461. The lowest BCUT2D eigenvalue weighted by Crippen LogP contribution is -2.36. The molecule has 2 unspecified atom stereocenters. The second-order valence-corrected chi connectivity index (χ2v) is 8.71. The van der Waals surface area contributed by atoms with Crippen LogP contribution in [0, 0.1) is 0 Å². The van der Waals surface area contributed by atoms with E-state index in [-0.39, 0.29) is 19.1 Å². The van der Waals surface area contributed by atoms with Gasteiger partial charge in [-0.25, -0.2) is 4.79 Å². The molecule has 0 saturated heterocycles. The highest BCUT2D eigenvalue weighted by molar-refractivity contribution is 9.10. The normalized spacial score (nSPS) is 14.5. The van der Waals surface area contributed by atoms with Crippen molar-refractivity contribution in [3.05, 3.63) is 92.9 Å². The number of nitrogens with one attached hydrogen (secondary N) is 1. The SMILES string of the molecule is O=C(NCC(O)C(O)c1ccc(Br)cc1Cl)OCC1c2ccccc2-c2ccccc21. The van der Waals surface area contributed by atoms with E-state index in [0.717, 1.165) is 26.7 Å². The summed E-state index contributed by atoms with van der Waals surface area (Å²) in [6.45, 7) is 0.00127. The van der Waals surface area contributed by atoms with Crippen molar-refractivity contribution in [1.29, 1.82) is 0 Å². The van der Waals surface area contributed by atoms with E-state index >= 15 is 0 Å². The number of amides is 1. The van der Waals surface area contributed by atoms with Gasteiger partial charge >= 0.3 is 6.09 Å². The molecular weight excluding hydrogens is 482 g/mol. The molecule has 0 radical (unpaired) electrons. The van der Waals surface area contributed by atoms with Crippen LogP contribution in [0.1, 0.15) is 28.7 Å². The van der Waals surface area contributed by atoms with Crippen LogP contribution in [0.2, 0.25) is 5.02 Å². The van der Waals surface area contributed by atoms with E-state index in [9.17, 15) is 15.0 Å². The largest absolute Gasteiger partial charge is 0.449 e. The van der Waals surface area contributed by atoms with Gasteiger partial charge < -0.3 is 20.3 Å². The second kappa shape index (κ2) is 9.40. The van der Waals surface area contributed by atoms with Gasteiger partial charge in [-0.1, -0.05) is 82.1 Å². The lowest BCUT2D eigenvalue weighted by Gasteiger charge is -2.20. The molecule has 7 heteroatoms. The average Bonchev–Trinajstić information content (AvgIpc) is 3.09. The Morgan fingerprint density at radius 1 is 1.03 bits per heavy atom. The predicted octanol–water partition coefficient (Wildman–Crippen LogP) is 5.04. The first-order valence-electron chi connectivity index (χ1n) is 9.85. The zero-order chi connectivity index (χ0) is 22.0. The predicted molar refractivity (Wildman–Crippen MR) is 123 cm³/mol. The van der Waals surface area contributed by atoms with E-state index < -0.39 is 18.3 Å². The minimum atomic E-state index is -1.24. The Labute approximate surface area is 193 Å². The van der Waals surface area contributed by atoms with Crippen molar-refractivity contribution >= 4 is 33.6 Å². The van der Waals surface area contributed by atoms with Crippen LogP contribution in [-0.2, 0) is 4.74 Å². The molecule has 3 aromatic carbocycles. The fraction of sp³-hybridized carbons (Fsp3) is 0.208. The summed E-state index contributed by atoms with van der Waals surface area (Å²) in [7, 11) is 0. The van der Waals surface area contributed by atoms with Gasteiger partial charge in [0.05, 0.1) is 0 Å². The maximum atomic E-state index is 12.2. The molecule has 0 spiro atoms. The van der Waals surface area contributed by atoms with Gasteiger partial charge in [0.2, 0.25) is 0 Å². The number of aliphatic hydroxyl groups is 2. The number of aliphatic hydroxyl groups excluding tert-OH is 2. The van der Waals surface area contributed by atoms with Crippen LogP contribution in [0.5, 0.6) is 0 Å². The monoisotopic (exact) mass is 501 g/mol. The summed E-state index contributed by atoms with van der Waals surface area (Å²) >= 11 is 9.42. The van der Waals surface area contributed by atoms with Gasteiger partial charge in [-0.05, 0) is 34.4 Å². The van der Waals surface area contributed by atoms with Gasteiger partial charge in [0.25, 0.3) is 0 Å². The highest BCUT2D eigenvalue weighted by Gasteiger charge is 2.29. The number of hydrogen-bond acceptors (Lipinski definition) is 4.